The van der Waals surface area contributed by atoms with Crippen molar-refractivity contribution in [1.82, 2.24) is 5.32 Å². The molecule has 25 heavy (non-hydrogen) atoms. The molecule has 2 aromatic rings. The maximum atomic E-state index is 12.4. The van der Waals surface area contributed by atoms with E-state index < -0.39 is 10.0 Å². The van der Waals surface area contributed by atoms with E-state index in [0.29, 0.717) is 23.4 Å². The largest absolute Gasteiger partial charge is 0.352 e. The Morgan fingerprint density at radius 2 is 1.88 bits per heavy atom. The number of benzene rings is 2. The summed E-state index contributed by atoms with van der Waals surface area (Å²) in [5, 5.41) is 11.6. The van der Waals surface area contributed by atoms with Gasteiger partial charge in [-0.15, -0.1) is 0 Å². The monoisotopic (exact) mass is 357 g/mol. The first-order chi connectivity index (χ1) is 12.0. The van der Waals surface area contributed by atoms with E-state index in [9.17, 15) is 13.2 Å². The van der Waals surface area contributed by atoms with Gasteiger partial charge in [0.2, 0.25) is 0 Å². The summed E-state index contributed by atoms with van der Waals surface area (Å²) >= 11 is 0. The lowest BCUT2D eigenvalue weighted by Gasteiger charge is -2.09. The molecular formula is C18H19N3O3S. The summed E-state index contributed by atoms with van der Waals surface area (Å²) in [7, 11) is -3.79. The fraction of sp³-hybridized carbons (Fsp3) is 0.222. The third-order valence-electron chi connectivity index (χ3n) is 3.49. The van der Waals surface area contributed by atoms with Crippen molar-refractivity contribution in [2.45, 2.75) is 24.7 Å². The van der Waals surface area contributed by atoms with E-state index in [1.807, 2.05) is 13.0 Å². The zero-order chi connectivity index (χ0) is 18.3. The second-order valence-electron chi connectivity index (χ2n) is 5.43. The highest BCUT2D eigenvalue weighted by molar-refractivity contribution is 7.92. The van der Waals surface area contributed by atoms with Crippen LogP contribution in [0.3, 0.4) is 0 Å². The second kappa shape index (κ2) is 8.31. The predicted molar refractivity (Wildman–Crippen MR) is 95.6 cm³/mol. The Morgan fingerprint density at radius 1 is 1.16 bits per heavy atom. The van der Waals surface area contributed by atoms with Crippen molar-refractivity contribution < 1.29 is 13.2 Å². The molecule has 0 saturated carbocycles. The van der Waals surface area contributed by atoms with Gasteiger partial charge in [0.1, 0.15) is 0 Å². The first kappa shape index (κ1) is 18.5. The minimum absolute atomic E-state index is 0.0416. The van der Waals surface area contributed by atoms with Crippen LogP contribution in [0, 0.1) is 11.3 Å². The highest BCUT2D eigenvalue weighted by atomic mass is 32.2. The van der Waals surface area contributed by atoms with E-state index in [2.05, 4.69) is 10.0 Å². The molecule has 0 heterocycles. The zero-order valence-electron chi connectivity index (χ0n) is 13.8. The van der Waals surface area contributed by atoms with Gasteiger partial charge in [-0.25, -0.2) is 8.42 Å². The van der Waals surface area contributed by atoms with Crippen LogP contribution in [0.25, 0.3) is 0 Å². The topological polar surface area (TPSA) is 99.1 Å². The van der Waals surface area contributed by atoms with Crippen LogP contribution >= 0.6 is 0 Å². The number of nitriles is 1. The highest BCUT2D eigenvalue weighted by Crippen LogP contribution is 2.17. The van der Waals surface area contributed by atoms with Crippen molar-refractivity contribution in [2.75, 3.05) is 11.3 Å². The van der Waals surface area contributed by atoms with Crippen LogP contribution in [0.1, 0.15) is 35.7 Å². The van der Waals surface area contributed by atoms with Gasteiger partial charge in [0.25, 0.3) is 15.9 Å². The molecule has 0 fully saturated rings. The fourth-order valence-electron chi connectivity index (χ4n) is 2.13. The number of nitrogens with one attached hydrogen (secondary N) is 2. The standard InChI is InChI=1S/C18H19N3O3S/c1-2-3-11-20-18(22)15-7-9-17(10-8-15)25(23,24)21-16-6-4-5-14(12-16)13-19/h4-10,12,21H,2-3,11H2,1H3,(H,20,22). The number of hydrogen-bond donors (Lipinski definition) is 2. The first-order valence-corrected chi connectivity index (χ1v) is 9.36. The lowest BCUT2D eigenvalue weighted by atomic mass is 10.2. The molecule has 0 saturated heterocycles. The number of sulfonamides is 1. The molecule has 0 atom stereocenters. The minimum Gasteiger partial charge on any atom is -0.352 e. The van der Waals surface area contributed by atoms with E-state index >= 15 is 0 Å². The molecule has 0 aliphatic carbocycles. The van der Waals surface area contributed by atoms with Crippen LogP contribution in [0.4, 0.5) is 5.69 Å². The van der Waals surface area contributed by atoms with Gasteiger partial charge in [-0.3, -0.25) is 9.52 Å². The van der Waals surface area contributed by atoms with Gasteiger partial charge >= 0.3 is 0 Å². The predicted octanol–water partition coefficient (Wildman–Crippen LogP) is 2.89. The number of nitrogens with zero attached hydrogens (tertiary/aromatic N) is 1. The summed E-state index contributed by atoms with van der Waals surface area (Å²) < 4.78 is 27.2. The van der Waals surface area contributed by atoms with E-state index in [-0.39, 0.29) is 10.8 Å². The molecule has 7 heteroatoms. The van der Waals surface area contributed by atoms with Crippen molar-refractivity contribution >= 4 is 21.6 Å². The molecule has 0 radical (unpaired) electrons. The van der Waals surface area contributed by atoms with Gasteiger partial charge in [0.15, 0.2) is 0 Å². The summed E-state index contributed by atoms with van der Waals surface area (Å²) in [6.07, 6.45) is 1.88. The molecular weight excluding hydrogens is 338 g/mol. The van der Waals surface area contributed by atoms with E-state index in [0.717, 1.165) is 12.8 Å². The maximum Gasteiger partial charge on any atom is 0.261 e. The van der Waals surface area contributed by atoms with Crippen molar-refractivity contribution in [1.29, 1.82) is 5.26 Å². The van der Waals surface area contributed by atoms with Gasteiger partial charge in [-0.05, 0) is 48.9 Å². The Kier molecular flexibility index (Phi) is 6.14. The summed E-state index contributed by atoms with van der Waals surface area (Å²) in [5.74, 6) is -0.230. The smallest absolute Gasteiger partial charge is 0.261 e. The molecule has 2 aromatic carbocycles. The molecule has 0 aromatic heterocycles. The zero-order valence-corrected chi connectivity index (χ0v) is 14.6. The number of hydrogen-bond acceptors (Lipinski definition) is 4. The van der Waals surface area contributed by atoms with Crippen LogP contribution in [0.5, 0.6) is 0 Å². The minimum atomic E-state index is -3.79. The molecule has 0 unspecified atom stereocenters. The maximum absolute atomic E-state index is 12.4. The van der Waals surface area contributed by atoms with Crippen molar-refractivity contribution in [3.63, 3.8) is 0 Å². The van der Waals surface area contributed by atoms with Gasteiger partial charge in [-0.1, -0.05) is 19.4 Å². The van der Waals surface area contributed by atoms with Crippen molar-refractivity contribution in [2.24, 2.45) is 0 Å². The average Bonchev–Trinajstić information content (AvgIpc) is 2.61. The Labute approximate surface area is 147 Å². The number of amides is 1. The quantitative estimate of drug-likeness (QED) is 0.744. The highest BCUT2D eigenvalue weighted by Gasteiger charge is 2.15. The Balaban J connectivity index is 2.12. The summed E-state index contributed by atoms with van der Waals surface area (Å²) in [6, 6.07) is 13.9. The Morgan fingerprint density at radius 3 is 2.52 bits per heavy atom. The van der Waals surface area contributed by atoms with Crippen LogP contribution in [0.2, 0.25) is 0 Å². The van der Waals surface area contributed by atoms with Crippen molar-refractivity contribution in [3.8, 4) is 6.07 Å². The number of carbonyl (C=O) groups excluding carboxylic acids is 1. The molecule has 0 aliphatic heterocycles. The lowest BCUT2D eigenvalue weighted by molar-refractivity contribution is 0.0953. The Hall–Kier alpha value is -2.85. The van der Waals surface area contributed by atoms with Crippen molar-refractivity contribution in [3.05, 3.63) is 59.7 Å². The lowest BCUT2D eigenvalue weighted by Crippen LogP contribution is -2.24. The summed E-state index contributed by atoms with van der Waals surface area (Å²) in [5.41, 5.74) is 1.07. The molecule has 2 rings (SSSR count). The van der Waals surface area contributed by atoms with Crippen LogP contribution < -0.4 is 10.0 Å². The first-order valence-electron chi connectivity index (χ1n) is 7.87. The van der Waals surface area contributed by atoms with Crippen LogP contribution in [0.15, 0.2) is 53.4 Å². The van der Waals surface area contributed by atoms with Gasteiger partial charge in [0.05, 0.1) is 22.2 Å². The summed E-state index contributed by atoms with van der Waals surface area (Å²) in [4.78, 5) is 12.0. The second-order valence-corrected chi connectivity index (χ2v) is 7.11. The Bertz CT molecular complexity index is 885. The fourth-order valence-corrected chi connectivity index (χ4v) is 3.18. The molecule has 0 bridgehead atoms. The normalized spacial score (nSPS) is 10.7. The van der Waals surface area contributed by atoms with E-state index in [4.69, 9.17) is 5.26 Å². The molecule has 0 spiro atoms. The third-order valence-corrected chi connectivity index (χ3v) is 4.88. The molecule has 130 valence electrons. The van der Waals surface area contributed by atoms with Gasteiger partial charge in [0, 0.05) is 12.1 Å². The van der Waals surface area contributed by atoms with Crippen LogP contribution in [-0.4, -0.2) is 20.9 Å². The number of rotatable bonds is 7. The number of anilines is 1. The third kappa shape index (κ3) is 5.06. The van der Waals surface area contributed by atoms with E-state index in [1.165, 1.54) is 30.3 Å². The molecule has 2 N–H and O–H groups in total. The van der Waals surface area contributed by atoms with Crippen LogP contribution in [-0.2, 0) is 10.0 Å². The SMILES string of the molecule is CCCCNC(=O)c1ccc(S(=O)(=O)Nc2cccc(C#N)c2)cc1. The summed E-state index contributed by atoms with van der Waals surface area (Å²) in [6.45, 7) is 2.62. The molecule has 1 amide bonds. The number of unbranched alkanes of at least 4 members (excludes halogenated alkanes) is 1. The van der Waals surface area contributed by atoms with Gasteiger partial charge in [-0.2, -0.15) is 5.26 Å². The number of carbonyl (C=O) groups is 1. The molecule has 0 aliphatic rings. The van der Waals surface area contributed by atoms with E-state index in [1.54, 1.807) is 18.2 Å². The molecule has 6 nitrogen and oxygen atoms in total. The van der Waals surface area contributed by atoms with Gasteiger partial charge < -0.3 is 5.32 Å². The average molecular weight is 357 g/mol.